The smallest absolute Gasteiger partial charge is 0.0472 e. The first-order chi connectivity index (χ1) is 5.31. The van der Waals surface area contributed by atoms with Crippen LogP contribution >= 0.6 is 0 Å². The molecule has 0 N–H and O–H groups in total. The summed E-state index contributed by atoms with van der Waals surface area (Å²) in [6.45, 7) is 5.10. The van der Waals surface area contributed by atoms with E-state index < -0.39 is 0 Å². The molecular weight excluding hydrogens is 138 g/mol. The van der Waals surface area contributed by atoms with Crippen LogP contribution in [0, 0.1) is 5.41 Å². The predicted octanol–water partition coefficient (Wildman–Crippen LogP) is 1.65. The van der Waals surface area contributed by atoms with Crippen LogP contribution in [0.25, 0.3) is 0 Å². The van der Waals surface area contributed by atoms with Crippen LogP contribution in [0.2, 0.25) is 0 Å². The molecule has 0 aliphatic carbocycles. The molecule has 1 spiro atoms. The molecule has 2 nitrogen and oxygen atoms in total. The average molecular weight is 153 g/mol. The molecule has 2 rings (SSSR count). The minimum atomic E-state index is 0.516. The molecule has 0 amide bonds. The lowest BCUT2D eigenvalue weighted by Crippen LogP contribution is -2.30. The molecule has 1 saturated heterocycles. The standard InChI is InChI=1S/C9H15NO/c1-8-6-9(7-10-8)2-4-11-5-3-9/h2-7H2,1H3. The van der Waals surface area contributed by atoms with Crippen molar-refractivity contribution < 1.29 is 4.74 Å². The molecule has 0 saturated carbocycles. The second-order valence-corrected chi connectivity index (χ2v) is 3.84. The Morgan fingerprint density at radius 3 is 2.64 bits per heavy atom. The zero-order chi connectivity index (χ0) is 7.73. The van der Waals surface area contributed by atoms with Crippen molar-refractivity contribution in [3.05, 3.63) is 0 Å². The quantitative estimate of drug-likeness (QED) is 0.518. The highest BCUT2D eigenvalue weighted by atomic mass is 16.5. The van der Waals surface area contributed by atoms with Gasteiger partial charge in [-0.25, -0.2) is 0 Å². The van der Waals surface area contributed by atoms with Crippen LogP contribution < -0.4 is 0 Å². The monoisotopic (exact) mass is 153 g/mol. The molecule has 2 heteroatoms. The fourth-order valence-corrected chi connectivity index (χ4v) is 2.10. The van der Waals surface area contributed by atoms with Gasteiger partial charge in [0, 0.05) is 25.5 Å². The third-order valence-corrected chi connectivity index (χ3v) is 2.87. The minimum absolute atomic E-state index is 0.516. The van der Waals surface area contributed by atoms with Crippen molar-refractivity contribution >= 4 is 5.71 Å². The Kier molecular flexibility index (Phi) is 1.72. The van der Waals surface area contributed by atoms with Crippen LogP contribution in [0.5, 0.6) is 0 Å². The fourth-order valence-electron chi connectivity index (χ4n) is 2.10. The van der Waals surface area contributed by atoms with E-state index >= 15 is 0 Å². The maximum Gasteiger partial charge on any atom is 0.0472 e. The fraction of sp³-hybridized carbons (Fsp3) is 0.889. The Hall–Kier alpha value is -0.370. The zero-order valence-corrected chi connectivity index (χ0v) is 7.10. The van der Waals surface area contributed by atoms with Crippen molar-refractivity contribution in [3.63, 3.8) is 0 Å². The van der Waals surface area contributed by atoms with Gasteiger partial charge in [-0.15, -0.1) is 0 Å². The molecular formula is C9H15NO. The van der Waals surface area contributed by atoms with Crippen molar-refractivity contribution in [2.75, 3.05) is 19.8 Å². The van der Waals surface area contributed by atoms with Crippen LogP contribution in [0.15, 0.2) is 4.99 Å². The number of rotatable bonds is 0. The second-order valence-electron chi connectivity index (χ2n) is 3.84. The van der Waals surface area contributed by atoms with Crippen LogP contribution in [0.3, 0.4) is 0 Å². The van der Waals surface area contributed by atoms with E-state index in [1.54, 1.807) is 0 Å². The van der Waals surface area contributed by atoms with Gasteiger partial charge in [-0.3, -0.25) is 4.99 Å². The van der Waals surface area contributed by atoms with Crippen molar-refractivity contribution in [3.8, 4) is 0 Å². The van der Waals surface area contributed by atoms with Crippen LogP contribution in [-0.4, -0.2) is 25.5 Å². The number of ether oxygens (including phenoxy) is 1. The first-order valence-electron chi connectivity index (χ1n) is 4.38. The molecule has 1 fully saturated rings. The van der Waals surface area contributed by atoms with Crippen molar-refractivity contribution in [1.82, 2.24) is 0 Å². The van der Waals surface area contributed by atoms with Gasteiger partial charge >= 0.3 is 0 Å². The first-order valence-corrected chi connectivity index (χ1v) is 4.38. The Bertz CT molecular complexity index is 180. The Balaban J connectivity index is 2.01. The number of hydrogen-bond acceptors (Lipinski definition) is 2. The average Bonchev–Trinajstić information content (AvgIpc) is 2.34. The highest BCUT2D eigenvalue weighted by Gasteiger charge is 2.35. The molecule has 0 aromatic rings. The summed E-state index contributed by atoms with van der Waals surface area (Å²) in [6, 6.07) is 0. The summed E-state index contributed by atoms with van der Waals surface area (Å²) in [6.07, 6.45) is 3.65. The van der Waals surface area contributed by atoms with E-state index in [0.717, 1.165) is 19.8 Å². The van der Waals surface area contributed by atoms with Gasteiger partial charge in [0.25, 0.3) is 0 Å². The summed E-state index contributed by atoms with van der Waals surface area (Å²) in [5.74, 6) is 0. The van der Waals surface area contributed by atoms with E-state index in [2.05, 4.69) is 11.9 Å². The van der Waals surface area contributed by atoms with Gasteiger partial charge in [0.1, 0.15) is 0 Å². The second kappa shape index (κ2) is 2.59. The molecule has 0 aromatic carbocycles. The molecule has 62 valence electrons. The third kappa shape index (κ3) is 1.32. The van der Waals surface area contributed by atoms with E-state index in [4.69, 9.17) is 4.74 Å². The lowest BCUT2D eigenvalue weighted by atomic mass is 9.78. The highest BCUT2D eigenvalue weighted by molar-refractivity contribution is 5.84. The molecule has 2 aliphatic heterocycles. The molecule has 0 unspecified atom stereocenters. The summed E-state index contributed by atoms with van der Waals surface area (Å²) in [7, 11) is 0. The predicted molar refractivity (Wildman–Crippen MR) is 45.1 cm³/mol. The summed E-state index contributed by atoms with van der Waals surface area (Å²) < 4.78 is 5.34. The van der Waals surface area contributed by atoms with Crippen LogP contribution in [0.1, 0.15) is 26.2 Å². The summed E-state index contributed by atoms with van der Waals surface area (Å²) in [5, 5.41) is 0. The van der Waals surface area contributed by atoms with Crippen LogP contribution in [0.4, 0.5) is 0 Å². The minimum Gasteiger partial charge on any atom is -0.381 e. The molecule has 11 heavy (non-hydrogen) atoms. The van der Waals surface area contributed by atoms with Gasteiger partial charge < -0.3 is 4.74 Å². The van der Waals surface area contributed by atoms with Gasteiger partial charge in [0.2, 0.25) is 0 Å². The molecule has 0 atom stereocenters. The summed E-state index contributed by atoms with van der Waals surface area (Å²) in [5.41, 5.74) is 1.86. The van der Waals surface area contributed by atoms with Crippen molar-refractivity contribution in [2.45, 2.75) is 26.2 Å². The lowest BCUT2D eigenvalue weighted by Gasteiger charge is -2.32. The third-order valence-electron chi connectivity index (χ3n) is 2.87. The van der Waals surface area contributed by atoms with E-state index in [9.17, 15) is 0 Å². The van der Waals surface area contributed by atoms with Crippen molar-refractivity contribution in [2.24, 2.45) is 10.4 Å². The van der Waals surface area contributed by atoms with Crippen molar-refractivity contribution in [1.29, 1.82) is 0 Å². The van der Waals surface area contributed by atoms with E-state index in [-0.39, 0.29) is 0 Å². The maximum atomic E-state index is 5.34. The highest BCUT2D eigenvalue weighted by Crippen LogP contribution is 2.38. The van der Waals surface area contributed by atoms with E-state index in [1.165, 1.54) is 25.0 Å². The SMILES string of the molecule is CC1=NCC2(CCOCC2)C1. The van der Waals surface area contributed by atoms with Gasteiger partial charge in [-0.1, -0.05) is 0 Å². The topological polar surface area (TPSA) is 21.6 Å². The van der Waals surface area contributed by atoms with Gasteiger partial charge in [-0.05, 0) is 31.6 Å². The lowest BCUT2D eigenvalue weighted by molar-refractivity contribution is 0.0263. The summed E-state index contributed by atoms with van der Waals surface area (Å²) in [4.78, 5) is 4.47. The van der Waals surface area contributed by atoms with Crippen LogP contribution in [-0.2, 0) is 4.74 Å². The molecule has 0 bridgehead atoms. The number of nitrogens with zero attached hydrogens (tertiary/aromatic N) is 1. The molecule has 0 radical (unpaired) electrons. The largest absolute Gasteiger partial charge is 0.381 e. The number of aliphatic imine (C=N–C) groups is 1. The van der Waals surface area contributed by atoms with Gasteiger partial charge in [0.15, 0.2) is 0 Å². The number of hydrogen-bond donors (Lipinski definition) is 0. The van der Waals surface area contributed by atoms with Gasteiger partial charge in [-0.2, -0.15) is 0 Å². The first kappa shape index (κ1) is 7.29. The Morgan fingerprint density at radius 2 is 2.09 bits per heavy atom. The van der Waals surface area contributed by atoms with Gasteiger partial charge in [0.05, 0.1) is 0 Å². The Labute approximate surface area is 67.7 Å². The zero-order valence-electron chi connectivity index (χ0n) is 7.10. The molecule has 0 aromatic heterocycles. The van der Waals surface area contributed by atoms with E-state index in [0.29, 0.717) is 5.41 Å². The molecule has 2 aliphatic rings. The Morgan fingerprint density at radius 1 is 1.36 bits per heavy atom. The van der Waals surface area contributed by atoms with E-state index in [1.807, 2.05) is 0 Å². The molecule has 2 heterocycles. The maximum absolute atomic E-state index is 5.34. The normalized spacial score (nSPS) is 29.0. The summed E-state index contributed by atoms with van der Waals surface area (Å²) >= 11 is 0.